The molecule has 4 N–H and O–H groups in total. The molecule has 0 spiro atoms. The number of ether oxygens (including phenoxy) is 4. The van der Waals surface area contributed by atoms with E-state index in [0.717, 1.165) is 126 Å². The molecule has 0 fully saturated rings. The first-order chi connectivity index (χ1) is 45.0. The summed E-state index contributed by atoms with van der Waals surface area (Å²) in [5.41, 5.74) is 0. The van der Waals surface area contributed by atoms with Gasteiger partial charge >= 0.3 is 12.1 Å². The largest absolute Gasteiger partial charge is 0.379 e. The minimum atomic E-state index is -0.112. The summed E-state index contributed by atoms with van der Waals surface area (Å²) in [5.74, 6) is 0. The molecule has 2 atom stereocenters. The van der Waals surface area contributed by atoms with Crippen molar-refractivity contribution in [3.05, 3.63) is 0 Å². The molecule has 0 radical (unpaired) electrons. The first kappa shape index (κ1) is 90.3. The van der Waals surface area contributed by atoms with Gasteiger partial charge in [-0.1, -0.05) is 310 Å². The lowest BCUT2D eigenvalue weighted by Gasteiger charge is -2.33. The molecule has 0 aliphatic heterocycles. The van der Waals surface area contributed by atoms with Crippen LogP contribution in [0.4, 0.5) is 9.59 Å². The average molecular weight is 1310 g/mol. The number of urea groups is 2. The number of unbranched alkanes of at least 4 members (excludes halogenated alkanes) is 47. The minimum Gasteiger partial charge on any atom is -0.379 e. The Bertz CT molecular complexity index is 1370. The average Bonchev–Trinajstić information content (AvgIpc) is 2.09. The molecule has 12 heteroatoms. The number of carbonyl (C=O) groups excluding carboxylic acids is 2. The van der Waals surface area contributed by atoms with Crippen LogP contribution in [0, 0.1) is 0 Å². The SMILES string of the molecule is CCCCCCCCCCCCCCOCC(C[N+](C)(C)CCCCNC(=O)NCCCCNC(=O)NCCCC[N+](C)(C)CC(COCCCCCCCCCCCCCC)OCCCCCCCCCCCCCC)OCCCCCCCCCCCCCC. The van der Waals surface area contributed by atoms with Crippen LogP contribution in [0.2, 0.25) is 0 Å². The van der Waals surface area contributed by atoms with Gasteiger partial charge < -0.3 is 49.2 Å². The second kappa shape index (κ2) is 72.1. The number of carbonyl (C=O) groups is 2. The summed E-state index contributed by atoms with van der Waals surface area (Å²) in [4.78, 5) is 25.3. The van der Waals surface area contributed by atoms with Crippen LogP contribution < -0.4 is 21.3 Å². The lowest BCUT2D eigenvalue weighted by atomic mass is 10.1. The molecule has 0 aromatic rings. The quantitative estimate of drug-likeness (QED) is 0.0356. The normalized spacial score (nSPS) is 12.7. The predicted octanol–water partition coefficient (Wildman–Crippen LogP) is 21.7. The van der Waals surface area contributed by atoms with Gasteiger partial charge in [0.15, 0.2) is 0 Å². The zero-order chi connectivity index (χ0) is 67.0. The zero-order valence-electron chi connectivity index (χ0n) is 63.6. The lowest BCUT2D eigenvalue weighted by Crippen LogP contribution is -2.48. The summed E-state index contributed by atoms with van der Waals surface area (Å²) in [6, 6.07) is -0.224. The molecule has 2 unspecified atom stereocenters. The summed E-state index contributed by atoms with van der Waals surface area (Å²) in [6.07, 6.45) is 70.8. The molecule has 0 aliphatic carbocycles. The number of rotatable bonds is 77. The van der Waals surface area contributed by atoms with E-state index in [-0.39, 0.29) is 24.3 Å². The standard InChI is InChI=1S/C80H164N6O6/c1-9-13-17-21-25-29-33-37-41-45-49-59-69-89-75-77(91-71-61-51-47-43-39-35-31-27-23-19-15-11-3)73-85(5,6)67-57-55-65-83-79(87)81-63-53-54-64-82-80(88)84-66-56-58-68-86(7,8)74-78(92-72-62-52-48-44-40-36-32-28-24-20-16-12-4)76-90-70-60-50-46-42-38-34-30-26-22-18-14-10-2/h77-78H,9-76H2,1-8H3,(H2-2,81,82,83,84,87,88)/p+2. The summed E-state index contributed by atoms with van der Waals surface area (Å²) < 4.78 is 27.5. The highest BCUT2D eigenvalue weighted by atomic mass is 16.5. The van der Waals surface area contributed by atoms with Gasteiger partial charge in [-0.05, 0) is 64.2 Å². The summed E-state index contributed by atoms with van der Waals surface area (Å²) in [6.45, 7) is 20.3. The van der Waals surface area contributed by atoms with E-state index in [4.69, 9.17) is 18.9 Å². The number of quaternary nitrogens is 2. The molecular weight excluding hydrogens is 1140 g/mol. The highest BCUT2D eigenvalue weighted by molar-refractivity contribution is 5.74. The number of nitrogens with one attached hydrogen (secondary N) is 4. The summed E-state index contributed by atoms with van der Waals surface area (Å²) in [7, 11) is 9.26. The van der Waals surface area contributed by atoms with E-state index >= 15 is 0 Å². The Kier molecular flexibility index (Phi) is 70.7. The lowest BCUT2D eigenvalue weighted by molar-refractivity contribution is -0.893. The van der Waals surface area contributed by atoms with Crippen molar-refractivity contribution in [2.75, 3.05) is 120 Å². The maximum Gasteiger partial charge on any atom is 0.314 e. The zero-order valence-corrected chi connectivity index (χ0v) is 63.6. The second-order valence-electron chi connectivity index (χ2n) is 29.9. The van der Waals surface area contributed by atoms with Crippen molar-refractivity contribution in [1.82, 2.24) is 21.3 Å². The molecule has 4 amide bonds. The Hall–Kier alpha value is -1.70. The third kappa shape index (κ3) is 71.1. The molecule has 0 aromatic heterocycles. The van der Waals surface area contributed by atoms with Crippen LogP contribution in [0.3, 0.4) is 0 Å². The number of likely N-dealkylation sites (N-methyl/N-ethyl adjacent to an activating group) is 2. The topological polar surface area (TPSA) is 119 Å². The van der Waals surface area contributed by atoms with E-state index in [1.165, 1.54) is 283 Å². The third-order valence-electron chi connectivity index (χ3n) is 19.1. The van der Waals surface area contributed by atoms with Crippen molar-refractivity contribution < 1.29 is 37.5 Å². The van der Waals surface area contributed by atoms with Crippen LogP contribution in [-0.4, -0.2) is 153 Å². The van der Waals surface area contributed by atoms with Gasteiger partial charge in [0, 0.05) is 52.6 Å². The molecule has 12 nitrogen and oxygen atoms in total. The highest BCUT2D eigenvalue weighted by Crippen LogP contribution is 2.18. The van der Waals surface area contributed by atoms with Gasteiger partial charge in [-0.15, -0.1) is 0 Å². The number of nitrogens with zero attached hydrogens (tertiary/aromatic N) is 2. The first-order valence-corrected chi connectivity index (χ1v) is 41.0. The third-order valence-corrected chi connectivity index (χ3v) is 19.1. The van der Waals surface area contributed by atoms with E-state index < -0.39 is 0 Å². The van der Waals surface area contributed by atoms with E-state index in [2.05, 4.69) is 77.2 Å². The maximum absolute atomic E-state index is 12.6. The Morgan fingerprint density at radius 1 is 0.261 bits per heavy atom. The number of hydrogen-bond acceptors (Lipinski definition) is 6. The van der Waals surface area contributed by atoms with Crippen molar-refractivity contribution in [2.24, 2.45) is 0 Å². The van der Waals surface area contributed by atoms with Crippen molar-refractivity contribution in [3.63, 3.8) is 0 Å². The molecule has 0 aliphatic rings. The van der Waals surface area contributed by atoms with Gasteiger partial charge in [-0.3, -0.25) is 0 Å². The van der Waals surface area contributed by atoms with Gasteiger partial charge in [0.1, 0.15) is 25.3 Å². The number of hydrogen-bond donors (Lipinski definition) is 4. The smallest absolute Gasteiger partial charge is 0.314 e. The van der Waals surface area contributed by atoms with Gasteiger partial charge in [0.05, 0.1) is 54.5 Å². The van der Waals surface area contributed by atoms with Crippen LogP contribution in [-0.2, 0) is 18.9 Å². The molecule has 0 saturated carbocycles. The maximum atomic E-state index is 12.6. The molecule has 0 aromatic carbocycles. The molecule has 550 valence electrons. The van der Waals surface area contributed by atoms with E-state index in [9.17, 15) is 9.59 Å². The minimum absolute atomic E-state index is 0.101. The Labute approximate surface area is 574 Å². The van der Waals surface area contributed by atoms with Crippen molar-refractivity contribution in [3.8, 4) is 0 Å². The number of amides is 4. The summed E-state index contributed by atoms with van der Waals surface area (Å²) >= 11 is 0. The van der Waals surface area contributed by atoms with E-state index in [1.54, 1.807) is 0 Å². The highest BCUT2D eigenvalue weighted by Gasteiger charge is 2.25. The Morgan fingerprint density at radius 3 is 0.685 bits per heavy atom. The first-order valence-electron chi connectivity index (χ1n) is 41.0. The van der Waals surface area contributed by atoms with Gasteiger partial charge in [0.25, 0.3) is 0 Å². The van der Waals surface area contributed by atoms with Crippen LogP contribution in [0.5, 0.6) is 0 Å². The van der Waals surface area contributed by atoms with E-state index in [1.807, 2.05) is 0 Å². The van der Waals surface area contributed by atoms with E-state index in [0.29, 0.717) is 39.4 Å². The Balaban J connectivity index is 4.51. The van der Waals surface area contributed by atoms with Crippen molar-refractivity contribution >= 4 is 12.1 Å². The fraction of sp³-hybridized carbons (Fsp3) is 0.975. The fourth-order valence-electron chi connectivity index (χ4n) is 13.0. The fourth-order valence-corrected chi connectivity index (χ4v) is 13.0. The molecule has 0 heterocycles. The molecule has 0 saturated heterocycles. The Morgan fingerprint density at radius 2 is 0.457 bits per heavy atom. The van der Waals surface area contributed by atoms with Gasteiger partial charge in [-0.2, -0.15) is 0 Å². The van der Waals surface area contributed by atoms with Crippen LogP contribution in [0.15, 0.2) is 0 Å². The van der Waals surface area contributed by atoms with Crippen LogP contribution in [0.25, 0.3) is 0 Å². The molecule has 92 heavy (non-hydrogen) atoms. The predicted molar refractivity (Wildman–Crippen MR) is 400 cm³/mol. The van der Waals surface area contributed by atoms with Crippen LogP contribution in [0.1, 0.15) is 374 Å². The van der Waals surface area contributed by atoms with Crippen molar-refractivity contribution in [2.45, 2.75) is 387 Å². The van der Waals surface area contributed by atoms with Gasteiger partial charge in [0.2, 0.25) is 0 Å². The van der Waals surface area contributed by atoms with Crippen LogP contribution >= 0.6 is 0 Å². The second-order valence-corrected chi connectivity index (χ2v) is 29.9. The summed E-state index contributed by atoms with van der Waals surface area (Å²) in [5, 5.41) is 12.1. The molecule has 0 rings (SSSR count). The molecule has 0 bridgehead atoms. The molecular formula is C80H166N6O6+2. The monoisotopic (exact) mass is 1310 g/mol. The van der Waals surface area contributed by atoms with Crippen molar-refractivity contribution in [1.29, 1.82) is 0 Å². The van der Waals surface area contributed by atoms with Gasteiger partial charge in [-0.25, -0.2) is 9.59 Å².